The average molecular weight is 1130 g/mol. The molecule has 0 aliphatic rings. The highest BCUT2D eigenvalue weighted by Crippen LogP contribution is 2.23. The average Bonchev–Trinajstić information content (AvgIpc) is 3.26. The number of thiol groups is 7. The lowest BCUT2D eigenvalue weighted by Crippen LogP contribution is -2.33. The molecule has 0 spiro atoms. The summed E-state index contributed by atoms with van der Waals surface area (Å²) in [4.78, 5) is 57.0. The summed E-state index contributed by atoms with van der Waals surface area (Å²) in [5, 5.41) is 11.3. The van der Waals surface area contributed by atoms with Crippen LogP contribution in [-0.4, -0.2) is 110 Å². The van der Waals surface area contributed by atoms with Gasteiger partial charge in [-0.05, 0) is 81.8 Å². The Balaban J connectivity index is -0.000000185. The van der Waals surface area contributed by atoms with Crippen molar-refractivity contribution in [1.82, 2.24) is 0 Å². The molecule has 0 aromatic rings. The van der Waals surface area contributed by atoms with Crippen LogP contribution >= 0.6 is 88.4 Å². The summed E-state index contributed by atoms with van der Waals surface area (Å²) in [5.74, 6) is 0.200. The molecule has 1 N–H and O–H groups in total. The van der Waals surface area contributed by atoms with Gasteiger partial charge in [-0.25, -0.2) is 4.79 Å². The fraction of sp³-hybridized carbons (Fsp3) is 0.904. The van der Waals surface area contributed by atoms with Crippen molar-refractivity contribution in [1.29, 1.82) is 0 Å². The van der Waals surface area contributed by atoms with Gasteiger partial charge in [0.1, 0.15) is 25.4 Å². The SMILES string of the molecule is CC(C)C(C)C(=O)OCCOC(=O)C(C)C(C)S.CC(C)C(C)S.CC(S)C(C)CC(C)C(C)S.CC(S)C(C)OC(=O)CC(O)C(=O)OC(C)C(C)S.CCC(C)S.CCCOC(=O)C(C)C(C)C. The Bertz CT molecular complexity index is 1250. The number of ether oxygens (including phenoxy) is 5. The molecule has 0 aliphatic heterocycles. The molecule has 0 rings (SSSR count). The topological polar surface area (TPSA) is 152 Å². The Hall–Kier alpha value is -0.240. The predicted molar refractivity (Wildman–Crippen MR) is 319 cm³/mol. The molecule has 0 aromatic carbocycles. The third-order valence-electron chi connectivity index (χ3n) is 11.4. The quantitative estimate of drug-likeness (QED) is 0.0202. The second kappa shape index (κ2) is 48.4. The van der Waals surface area contributed by atoms with Gasteiger partial charge in [-0.15, -0.1) is 0 Å². The zero-order valence-corrected chi connectivity index (χ0v) is 53.8. The largest absolute Gasteiger partial charge is 0.465 e. The van der Waals surface area contributed by atoms with E-state index in [1.807, 2.05) is 55.4 Å². The molecule has 11 nitrogen and oxygen atoms in total. The first-order chi connectivity index (χ1) is 31.9. The Morgan fingerprint density at radius 2 is 0.729 bits per heavy atom. The normalized spacial score (nSPS) is 17.2. The highest BCUT2D eigenvalue weighted by Gasteiger charge is 2.26. The van der Waals surface area contributed by atoms with Gasteiger partial charge in [0.2, 0.25) is 0 Å². The van der Waals surface area contributed by atoms with E-state index in [9.17, 15) is 29.1 Å². The van der Waals surface area contributed by atoms with Crippen molar-refractivity contribution < 1.29 is 52.8 Å². The van der Waals surface area contributed by atoms with Crippen molar-refractivity contribution in [3.05, 3.63) is 0 Å². The van der Waals surface area contributed by atoms with Crippen LogP contribution in [0.1, 0.15) is 178 Å². The number of aliphatic hydroxyl groups is 1. The van der Waals surface area contributed by atoms with E-state index < -0.39 is 36.7 Å². The summed E-state index contributed by atoms with van der Waals surface area (Å²) in [6.45, 7) is 44.4. The van der Waals surface area contributed by atoms with Gasteiger partial charge in [0, 0.05) is 31.5 Å². The van der Waals surface area contributed by atoms with Gasteiger partial charge in [-0.1, -0.05) is 125 Å². The number of hydrogen-bond donors (Lipinski definition) is 8. The highest BCUT2D eigenvalue weighted by atomic mass is 32.1. The molecule has 422 valence electrons. The third kappa shape index (κ3) is 51.3. The van der Waals surface area contributed by atoms with Crippen molar-refractivity contribution in [2.75, 3.05) is 19.8 Å². The lowest BCUT2D eigenvalue weighted by atomic mass is 9.93. The van der Waals surface area contributed by atoms with Crippen LogP contribution in [0.25, 0.3) is 0 Å². The Labute approximate surface area is 468 Å². The van der Waals surface area contributed by atoms with Crippen LogP contribution in [0.3, 0.4) is 0 Å². The monoisotopic (exact) mass is 1130 g/mol. The Kier molecular flexibility index (Phi) is 56.1. The lowest BCUT2D eigenvalue weighted by Gasteiger charge is -2.21. The molecule has 18 heteroatoms. The van der Waals surface area contributed by atoms with Crippen molar-refractivity contribution in [2.24, 2.45) is 47.3 Å². The van der Waals surface area contributed by atoms with E-state index in [1.165, 1.54) is 12.8 Å². The molecule has 0 fully saturated rings. The molecular formula is C52H106O11S7. The van der Waals surface area contributed by atoms with Gasteiger partial charge in [-0.2, -0.15) is 88.4 Å². The molecule has 0 aliphatic carbocycles. The molecule has 0 aromatic heterocycles. The first kappa shape index (κ1) is 81.1. The third-order valence-corrected chi connectivity index (χ3v) is 14.7. The summed E-state index contributed by atoms with van der Waals surface area (Å²) in [5.41, 5.74) is 0. The van der Waals surface area contributed by atoms with Crippen LogP contribution in [0.5, 0.6) is 0 Å². The van der Waals surface area contributed by atoms with Gasteiger partial charge in [0.05, 0.1) is 30.8 Å². The first-order valence-corrected chi connectivity index (χ1v) is 28.8. The minimum Gasteiger partial charge on any atom is -0.465 e. The molecule has 0 amide bonds. The van der Waals surface area contributed by atoms with Crippen molar-refractivity contribution in [3.8, 4) is 0 Å². The maximum atomic E-state index is 11.5. The minimum absolute atomic E-state index is 0.0292. The number of carbonyl (C=O) groups is 5. The number of carbonyl (C=O) groups excluding carboxylic acids is 5. The molecular weight excluding hydrogens is 1030 g/mol. The van der Waals surface area contributed by atoms with Gasteiger partial charge < -0.3 is 28.8 Å². The van der Waals surface area contributed by atoms with E-state index in [-0.39, 0.29) is 70.5 Å². The second-order valence-electron chi connectivity index (χ2n) is 19.5. The lowest BCUT2D eigenvalue weighted by molar-refractivity contribution is -0.164. The summed E-state index contributed by atoms with van der Waals surface area (Å²) >= 11 is 29.5. The Morgan fingerprint density at radius 1 is 0.414 bits per heavy atom. The van der Waals surface area contributed by atoms with Gasteiger partial charge >= 0.3 is 29.8 Å². The van der Waals surface area contributed by atoms with Crippen LogP contribution in [-0.2, 0) is 47.7 Å². The van der Waals surface area contributed by atoms with Crippen LogP contribution in [0.2, 0.25) is 0 Å². The minimum atomic E-state index is -1.52. The van der Waals surface area contributed by atoms with Gasteiger partial charge in [0.15, 0.2) is 6.10 Å². The van der Waals surface area contributed by atoms with Gasteiger partial charge in [-0.3, -0.25) is 19.2 Å². The molecule has 0 heterocycles. The standard InChI is InChI=1S/C13H24O4S.C12H22O5S2.C9H18O2.C9H20S2.C5H12S.C4H10S/c1-8(2)9(3)12(14)16-6-7-17-13(15)10(4)11(5)18;1-6(8(3)18)16-11(14)5-10(13)12(15)17-7(2)9(4)19;1-5-6-11-9(10)8(4)7(2)3;1-6(8(3)10)5-7(2)9(4)11;1-4(2)5(3)6;1-3-4(2)5/h8-11,18H,6-7H2,1-5H3;6-10,13,18-19H,5H2,1-4H3;7-8H,5-6H2,1-4H3;6-11H,5H2,1-4H3;4-6H,1-3H3;4-5H,3H2,1-2H3. The molecule has 15 atom stereocenters. The molecule has 0 radical (unpaired) electrons. The van der Waals surface area contributed by atoms with E-state index in [4.69, 9.17) is 23.7 Å². The van der Waals surface area contributed by atoms with Gasteiger partial charge in [0.25, 0.3) is 0 Å². The van der Waals surface area contributed by atoms with E-state index >= 15 is 0 Å². The smallest absolute Gasteiger partial charge is 0.335 e. The zero-order chi connectivity index (χ0) is 56.8. The number of esters is 5. The predicted octanol–water partition coefficient (Wildman–Crippen LogP) is 12.7. The maximum Gasteiger partial charge on any atom is 0.335 e. The second-order valence-corrected chi connectivity index (χ2v) is 25.3. The summed E-state index contributed by atoms with van der Waals surface area (Å²) in [7, 11) is 0. The van der Waals surface area contributed by atoms with E-state index in [2.05, 4.69) is 151 Å². The summed E-state index contributed by atoms with van der Waals surface area (Å²) < 4.78 is 24.9. The van der Waals surface area contributed by atoms with Crippen LogP contribution in [0.4, 0.5) is 0 Å². The fourth-order valence-corrected chi connectivity index (χ4v) is 4.05. The van der Waals surface area contributed by atoms with Crippen LogP contribution in [0.15, 0.2) is 0 Å². The molecule has 70 heavy (non-hydrogen) atoms. The molecule has 0 bridgehead atoms. The van der Waals surface area contributed by atoms with Crippen LogP contribution in [0, 0.1) is 47.3 Å². The summed E-state index contributed by atoms with van der Waals surface area (Å²) in [6, 6.07) is 0. The first-order valence-electron chi connectivity index (χ1n) is 25.2. The molecule has 0 saturated carbocycles. The van der Waals surface area contributed by atoms with Crippen molar-refractivity contribution in [3.63, 3.8) is 0 Å². The van der Waals surface area contributed by atoms with Crippen LogP contribution < -0.4 is 0 Å². The summed E-state index contributed by atoms with van der Waals surface area (Å²) in [6.07, 6.45) is 0.504. The zero-order valence-electron chi connectivity index (χ0n) is 47.5. The van der Waals surface area contributed by atoms with E-state index in [0.29, 0.717) is 51.3 Å². The fourth-order valence-electron chi connectivity index (χ4n) is 3.56. The highest BCUT2D eigenvalue weighted by molar-refractivity contribution is 7.82. The maximum absolute atomic E-state index is 11.5. The number of aliphatic hydroxyl groups excluding tert-OH is 1. The van der Waals surface area contributed by atoms with E-state index in [1.54, 1.807) is 34.6 Å². The van der Waals surface area contributed by atoms with Crippen molar-refractivity contribution >= 4 is 118 Å². The number of rotatable bonds is 24. The Morgan fingerprint density at radius 3 is 0.986 bits per heavy atom. The van der Waals surface area contributed by atoms with E-state index in [0.717, 1.165) is 6.42 Å². The van der Waals surface area contributed by atoms with Crippen molar-refractivity contribution in [2.45, 2.75) is 233 Å². The molecule has 0 saturated heterocycles. The molecule has 15 unspecified atom stereocenters. The number of hydrogen-bond acceptors (Lipinski definition) is 18.